The molecule has 20 heavy (non-hydrogen) atoms. The number of amides is 1. The van der Waals surface area contributed by atoms with Crippen molar-refractivity contribution in [2.24, 2.45) is 5.73 Å². The highest BCUT2D eigenvalue weighted by atomic mass is 32.2. The summed E-state index contributed by atoms with van der Waals surface area (Å²) in [7, 11) is 0. The van der Waals surface area contributed by atoms with Gasteiger partial charge in [-0.2, -0.15) is 11.8 Å². The Morgan fingerprint density at radius 3 is 2.90 bits per heavy atom. The van der Waals surface area contributed by atoms with E-state index in [0.29, 0.717) is 17.2 Å². The second-order valence-corrected chi connectivity index (χ2v) is 6.75. The third-order valence-electron chi connectivity index (χ3n) is 3.25. The Morgan fingerprint density at radius 2 is 2.25 bits per heavy atom. The molecular formula is C12H21N5OS2. The lowest BCUT2D eigenvalue weighted by Gasteiger charge is -2.29. The maximum absolute atomic E-state index is 12.0. The third kappa shape index (κ3) is 3.77. The minimum atomic E-state index is -0.131. The maximum atomic E-state index is 12.0. The number of hydrogen-bond acceptors (Lipinski definition) is 7. The molecule has 1 aromatic rings. The topological polar surface area (TPSA) is 97.3 Å². The fourth-order valence-electron chi connectivity index (χ4n) is 2.06. The Balaban J connectivity index is 2.00. The van der Waals surface area contributed by atoms with E-state index in [-0.39, 0.29) is 11.9 Å². The van der Waals surface area contributed by atoms with Crippen LogP contribution in [0.5, 0.6) is 0 Å². The van der Waals surface area contributed by atoms with Gasteiger partial charge in [0.2, 0.25) is 0 Å². The Kier molecular flexibility index (Phi) is 5.50. The Bertz CT molecular complexity index is 457. The third-order valence-corrected chi connectivity index (χ3v) is 4.99. The van der Waals surface area contributed by atoms with Crippen LogP contribution < -0.4 is 21.7 Å². The summed E-state index contributed by atoms with van der Waals surface area (Å²) < 4.78 is 0. The lowest BCUT2D eigenvalue weighted by molar-refractivity contribution is 0.0961. The number of nitrogens with one attached hydrogen (secondary N) is 1. The minimum absolute atomic E-state index is 0.131. The van der Waals surface area contributed by atoms with Crippen molar-refractivity contribution < 1.29 is 4.79 Å². The molecule has 1 amide bonds. The van der Waals surface area contributed by atoms with E-state index in [0.717, 1.165) is 36.8 Å². The molecule has 1 aliphatic rings. The molecule has 0 aliphatic carbocycles. The standard InChI is InChI=1S/C12H21N5OS2/c1-19-7-4-15-11(18)9-10(14)16-12(20-9)17-5-2-8(13)3-6-17/h8H,2-7,13-14H2,1H3,(H,15,18). The molecule has 1 aliphatic heterocycles. The first-order chi connectivity index (χ1) is 9.61. The summed E-state index contributed by atoms with van der Waals surface area (Å²) in [5.74, 6) is 1.08. The number of nitrogen functional groups attached to an aromatic ring is 1. The molecule has 0 radical (unpaired) electrons. The van der Waals surface area contributed by atoms with Crippen molar-refractivity contribution in [3.63, 3.8) is 0 Å². The average Bonchev–Trinajstić information content (AvgIpc) is 2.82. The summed E-state index contributed by atoms with van der Waals surface area (Å²) in [6, 6.07) is 0.276. The van der Waals surface area contributed by atoms with Crippen LogP contribution in [0.25, 0.3) is 0 Å². The van der Waals surface area contributed by atoms with E-state index in [1.807, 2.05) is 6.26 Å². The quantitative estimate of drug-likeness (QED) is 0.694. The van der Waals surface area contributed by atoms with Gasteiger partial charge in [-0.25, -0.2) is 4.98 Å². The highest BCUT2D eigenvalue weighted by molar-refractivity contribution is 7.98. The van der Waals surface area contributed by atoms with E-state index in [1.165, 1.54) is 11.3 Å². The molecule has 0 saturated carbocycles. The molecule has 0 atom stereocenters. The van der Waals surface area contributed by atoms with Crippen LogP contribution in [0.2, 0.25) is 0 Å². The lowest BCUT2D eigenvalue weighted by Crippen LogP contribution is -2.39. The Hall–Kier alpha value is -0.990. The number of carbonyl (C=O) groups excluding carboxylic acids is 1. The van der Waals surface area contributed by atoms with E-state index >= 15 is 0 Å². The fourth-order valence-corrected chi connectivity index (χ4v) is 3.32. The maximum Gasteiger partial charge on any atom is 0.265 e. The Labute approximate surface area is 127 Å². The van der Waals surface area contributed by atoms with Crippen LogP contribution in [0, 0.1) is 0 Å². The highest BCUT2D eigenvalue weighted by Crippen LogP contribution is 2.29. The van der Waals surface area contributed by atoms with Gasteiger partial charge < -0.3 is 21.7 Å². The zero-order chi connectivity index (χ0) is 14.5. The number of anilines is 2. The molecule has 8 heteroatoms. The predicted octanol–water partition coefficient (Wildman–Crippen LogP) is 0.746. The number of carbonyl (C=O) groups is 1. The number of aromatic nitrogens is 1. The molecule has 0 bridgehead atoms. The normalized spacial score (nSPS) is 16.4. The smallest absolute Gasteiger partial charge is 0.265 e. The second-order valence-electron chi connectivity index (χ2n) is 4.78. The summed E-state index contributed by atoms with van der Waals surface area (Å²) >= 11 is 3.06. The largest absolute Gasteiger partial charge is 0.382 e. The van der Waals surface area contributed by atoms with Crippen LogP contribution in [-0.2, 0) is 0 Å². The average molecular weight is 315 g/mol. The van der Waals surface area contributed by atoms with Crippen molar-refractivity contribution in [3.8, 4) is 0 Å². The van der Waals surface area contributed by atoms with E-state index in [2.05, 4.69) is 15.2 Å². The van der Waals surface area contributed by atoms with E-state index < -0.39 is 0 Å². The monoisotopic (exact) mass is 315 g/mol. The number of nitrogens with two attached hydrogens (primary N) is 2. The molecule has 1 aromatic heterocycles. The number of thioether (sulfide) groups is 1. The van der Waals surface area contributed by atoms with Crippen LogP contribution >= 0.6 is 23.1 Å². The van der Waals surface area contributed by atoms with E-state index in [4.69, 9.17) is 11.5 Å². The lowest BCUT2D eigenvalue weighted by atomic mass is 10.1. The first-order valence-corrected chi connectivity index (χ1v) is 8.86. The summed E-state index contributed by atoms with van der Waals surface area (Å²) in [6.45, 7) is 2.40. The number of hydrogen-bond donors (Lipinski definition) is 3. The van der Waals surface area contributed by atoms with Crippen molar-refractivity contribution in [2.75, 3.05) is 42.3 Å². The van der Waals surface area contributed by atoms with Crippen LogP contribution in [-0.4, -0.2) is 48.6 Å². The molecule has 5 N–H and O–H groups in total. The first kappa shape index (κ1) is 15.4. The van der Waals surface area contributed by atoms with E-state index in [9.17, 15) is 4.79 Å². The van der Waals surface area contributed by atoms with Gasteiger partial charge in [-0.15, -0.1) is 0 Å². The number of piperidine rings is 1. The summed E-state index contributed by atoms with van der Waals surface area (Å²) in [6.07, 6.45) is 3.91. The minimum Gasteiger partial charge on any atom is -0.382 e. The van der Waals surface area contributed by atoms with Gasteiger partial charge in [0.25, 0.3) is 5.91 Å². The summed E-state index contributed by atoms with van der Waals surface area (Å²) in [5, 5.41) is 3.68. The molecule has 2 heterocycles. The van der Waals surface area contributed by atoms with Crippen molar-refractivity contribution in [1.29, 1.82) is 0 Å². The molecule has 0 spiro atoms. The summed E-state index contributed by atoms with van der Waals surface area (Å²) in [5.41, 5.74) is 11.8. The molecule has 6 nitrogen and oxygen atoms in total. The SMILES string of the molecule is CSCCNC(=O)c1sc(N2CCC(N)CC2)nc1N. The van der Waals surface area contributed by atoms with Crippen molar-refractivity contribution in [1.82, 2.24) is 10.3 Å². The highest BCUT2D eigenvalue weighted by Gasteiger charge is 2.22. The van der Waals surface area contributed by atoms with Gasteiger partial charge >= 0.3 is 0 Å². The second kappa shape index (κ2) is 7.14. The fraction of sp³-hybridized carbons (Fsp3) is 0.667. The molecular weight excluding hydrogens is 294 g/mol. The van der Waals surface area contributed by atoms with Crippen LogP contribution in [0.4, 0.5) is 10.9 Å². The van der Waals surface area contributed by atoms with Crippen molar-refractivity contribution >= 4 is 40.0 Å². The molecule has 112 valence electrons. The molecule has 1 fully saturated rings. The first-order valence-electron chi connectivity index (χ1n) is 6.65. The number of rotatable bonds is 5. The van der Waals surface area contributed by atoms with Gasteiger partial charge in [0.1, 0.15) is 10.7 Å². The number of thiazole rings is 1. The van der Waals surface area contributed by atoms with Gasteiger partial charge in [0.15, 0.2) is 5.13 Å². The van der Waals surface area contributed by atoms with Gasteiger partial charge in [-0.3, -0.25) is 4.79 Å². The van der Waals surface area contributed by atoms with Crippen molar-refractivity contribution in [3.05, 3.63) is 4.88 Å². The zero-order valence-electron chi connectivity index (χ0n) is 11.6. The summed E-state index contributed by atoms with van der Waals surface area (Å²) in [4.78, 5) is 19.0. The Morgan fingerprint density at radius 1 is 1.55 bits per heavy atom. The van der Waals surface area contributed by atoms with Crippen LogP contribution in [0.15, 0.2) is 0 Å². The molecule has 1 saturated heterocycles. The van der Waals surface area contributed by atoms with Gasteiger partial charge in [0.05, 0.1) is 0 Å². The molecule has 0 aromatic carbocycles. The van der Waals surface area contributed by atoms with Crippen LogP contribution in [0.3, 0.4) is 0 Å². The van der Waals surface area contributed by atoms with Gasteiger partial charge in [-0.1, -0.05) is 11.3 Å². The molecule has 2 rings (SSSR count). The predicted molar refractivity (Wildman–Crippen MR) is 86.7 cm³/mol. The zero-order valence-corrected chi connectivity index (χ0v) is 13.2. The van der Waals surface area contributed by atoms with Crippen molar-refractivity contribution in [2.45, 2.75) is 18.9 Å². The van der Waals surface area contributed by atoms with Crippen LogP contribution in [0.1, 0.15) is 22.5 Å². The van der Waals surface area contributed by atoms with E-state index in [1.54, 1.807) is 11.8 Å². The van der Waals surface area contributed by atoms with Gasteiger partial charge in [-0.05, 0) is 19.1 Å². The number of nitrogens with zero attached hydrogens (tertiary/aromatic N) is 2. The van der Waals surface area contributed by atoms with Gasteiger partial charge in [0, 0.05) is 31.4 Å². The molecule has 0 unspecified atom stereocenters.